The molecule has 0 saturated carbocycles. The van der Waals surface area contributed by atoms with Crippen molar-refractivity contribution in [3.8, 4) is 0 Å². The minimum atomic E-state index is -0.292. The molecular weight excluding hydrogens is 204 g/mol. The first-order chi connectivity index (χ1) is 7.69. The van der Waals surface area contributed by atoms with Crippen molar-refractivity contribution in [2.45, 2.75) is 32.2 Å². The third-order valence-electron chi connectivity index (χ3n) is 2.93. The van der Waals surface area contributed by atoms with Gasteiger partial charge in [0.1, 0.15) is 5.82 Å². The lowest BCUT2D eigenvalue weighted by molar-refractivity contribution is 0.202. The van der Waals surface area contributed by atoms with Gasteiger partial charge in [0.25, 0.3) is 0 Å². The van der Waals surface area contributed by atoms with Crippen molar-refractivity contribution in [2.24, 2.45) is 0 Å². The average Bonchev–Trinajstić information content (AvgIpc) is 2.36. The van der Waals surface area contributed by atoms with E-state index in [9.17, 15) is 5.11 Å². The lowest BCUT2D eigenvalue weighted by Gasteiger charge is -2.31. The molecule has 1 aromatic heterocycles. The lowest BCUT2D eigenvalue weighted by Crippen LogP contribution is -2.41. The van der Waals surface area contributed by atoms with E-state index < -0.39 is 0 Å². The average molecular weight is 224 g/mol. The highest BCUT2D eigenvalue weighted by atomic mass is 16.3. The summed E-state index contributed by atoms with van der Waals surface area (Å²) >= 11 is 0. The Hall–Kier alpha value is -1.36. The summed E-state index contributed by atoms with van der Waals surface area (Å²) in [6, 6.07) is 1.80. The van der Waals surface area contributed by atoms with Gasteiger partial charge in [0, 0.05) is 13.2 Å². The van der Waals surface area contributed by atoms with Gasteiger partial charge in [-0.05, 0) is 18.9 Å². The van der Waals surface area contributed by atoms with Crippen molar-refractivity contribution < 1.29 is 5.11 Å². The molecular formula is C11H20N4O. The van der Waals surface area contributed by atoms with Crippen LogP contribution >= 0.6 is 0 Å². The fourth-order valence-electron chi connectivity index (χ4n) is 1.51. The van der Waals surface area contributed by atoms with Crippen LogP contribution in [0.4, 0.5) is 11.8 Å². The van der Waals surface area contributed by atoms with Crippen LogP contribution in [0.15, 0.2) is 12.3 Å². The molecule has 0 aliphatic rings. The summed E-state index contributed by atoms with van der Waals surface area (Å²) in [5, 5.41) is 15.6. The Kier molecular flexibility index (Phi) is 4.49. The van der Waals surface area contributed by atoms with Crippen LogP contribution in [0, 0.1) is 0 Å². The van der Waals surface area contributed by atoms with Crippen LogP contribution in [0.3, 0.4) is 0 Å². The van der Waals surface area contributed by atoms with E-state index in [1.165, 1.54) is 0 Å². The zero-order valence-corrected chi connectivity index (χ0v) is 10.1. The van der Waals surface area contributed by atoms with Gasteiger partial charge in [0.2, 0.25) is 5.95 Å². The Labute approximate surface area is 96.3 Å². The van der Waals surface area contributed by atoms with Crippen molar-refractivity contribution in [1.82, 2.24) is 9.97 Å². The molecule has 5 nitrogen and oxygen atoms in total. The van der Waals surface area contributed by atoms with Gasteiger partial charge in [-0.25, -0.2) is 4.98 Å². The van der Waals surface area contributed by atoms with Crippen LogP contribution in [0.25, 0.3) is 0 Å². The van der Waals surface area contributed by atoms with Gasteiger partial charge < -0.3 is 15.7 Å². The second kappa shape index (κ2) is 5.65. The third-order valence-corrected chi connectivity index (χ3v) is 2.93. The number of nitrogens with zero attached hydrogens (tertiary/aromatic N) is 2. The number of aromatic nitrogens is 2. The van der Waals surface area contributed by atoms with E-state index in [1.807, 2.05) is 13.8 Å². The molecule has 0 bridgehead atoms. The van der Waals surface area contributed by atoms with E-state index in [4.69, 9.17) is 0 Å². The molecule has 16 heavy (non-hydrogen) atoms. The molecule has 0 fully saturated rings. The van der Waals surface area contributed by atoms with Gasteiger partial charge in [-0.2, -0.15) is 4.98 Å². The van der Waals surface area contributed by atoms with Crippen molar-refractivity contribution >= 4 is 11.8 Å². The lowest BCUT2D eigenvalue weighted by atomic mass is 9.94. The number of aliphatic hydroxyl groups excluding tert-OH is 1. The Bertz CT molecular complexity index is 317. The molecule has 90 valence electrons. The fraction of sp³-hybridized carbons (Fsp3) is 0.636. The SMILES string of the molecule is CCC(CC)(CO)Nc1ccnc(NC)n1. The molecule has 0 spiro atoms. The highest BCUT2D eigenvalue weighted by Crippen LogP contribution is 2.20. The number of nitrogens with one attached hydrogen (secondary N) is 2. The minimum Gasteiger partial charge on any atom is -0.394 e. The van der Waals surface area contributed by atoms with Gasteiger partial charge in [-0.3, -0.25) is 0 Å². The summed E-state index contributed by atoms with van der Waals surface area (Å²) in [7, 11) is 1.78. The largest absolute Gasteiger partial charge is 0.394 e. The van der Waals surface area contributed by atoms with Gasteiger partial charge >= 0.3 is 0 Å². The zero-order valence-electron chi connectivity index (χ0n) is 10.1. The molecule has 0 aliphatic carbocycles. The molecule has 1 heterocycles. The van der Waals surface area contributed by atoms with Gasteiger partial charge in [0.15, 0.2) is 0 Å². The quantitative estimate of drug-likeness (QED) is 0.683. The van der Waals surface area contributed by atoms with Gasteiger partial charge in [0.05, 0.1) is 12.1 Å². The summed E-state index contributed by atoms with van der Waals surface area (Å²) in [5.74, 6) is 1.31. The van der Waals surface area contributed by atoms with Crippen LogP contribution in [0.2, 0.25) is 0 Å². The standard InChI is InChI=1S/C11H20N4O/c1-4-11(5-2,8-16)15-9-6-7-13-10(12-3)14-9/h6-7,16H,4-5,8H2,1-3H3,(H2,12,13,14,15). The second-order valence-corrected chi connectivity index (χ2v) is 3.79. The first kappa shape index (κ1) is 12.7. The van der Waals surface area contributed by atoms with Crippen molar-refractivity contribution in [1.29, 1.82) is 0 Å². The molecule has 5 heteroatoms. The molecule has 1 aromatic rings. The molecule has 0 aliphatic heterocycles. The van der Waals surface area contributed by atoms with Crippen LogP contribution in [-0.4, -0.2) is 34.3 Å². The van der Waals surface area contributed by atoms with Crippen molar-refractivity contribution in [2.75, 3.05) is 24.3 Å². The zero-order chi connectivity index (χ0) is 12.0. The first-order valence-corrected chi connectivity index (χ1v) is 5.59. The topological polar surface area (TPSA) is 70.1 Å². The van der Waals surface area contributed by atoms with Crippen molar-refractivity contribution in [3.63, 3.8) is 0 Å². The van der Waals surface area contributed by atoms with Crippen LogP contribution < -0.4 is 10.6 Å². The summed E-state index contributed by atoms with van der Waals surface area (Å²) in [4.78, 5) is 8.32. The number of aliphatic hydroxyl groups is 1. The molecule has 1 rings (SSSR count). The molecule has 0 amide bonds. The predicted molar refractivity (Wildman–Crippen MR) is 65.6 cm³/mol. The second-order valence-electron chi connectivity index (χ2n) is 3.79. The predicted octanol–water partition coefficient (Wildman–Crippen LogP) is 1.48. The molecule has 0 aromatic carbocycles. The van der Waals surface area contributed by atoms with Gasteiger partial charge in [-0.1, -0.05) is 13.8 Å². The molecule has 3 N–H and O–H groups in total. The molecule has 0 unspecified atom stereocenters. The molecule has 0 saturated heterocycles. The fourth-order valence-corrected chi connectivity index (χ4v) is 1.51. The van der Waals surface area contributed by atoms with Crippen LogP contribution in [0.1, 0.15) is 26.7 Å². The van der Waals surface area contributed by atoms with Crippen molar-refractivity contribution in [3.05, 3.63) is 12.3 Å². The van der Waals surface area contributed by atoms with E-state index >= 15 is 0 Å². The summed E-state index contributed by atoms with van der Waals surface area (Å²) in [6.45, 7) is 4.19. The van der Waals surface area contributed by atoms with Crippen LogP contribution in [-0.2, 0) is 0 Å². The number of anilines is 2. The highest BCUT2D eigenvalue weighted by Gasteiger charge is 2.25. The first-order valence-electron chi connectivity index (χ1n) is 5.59. The third kappa shape index (κ3) is 2.82. The Morgan fingerprint density at radius 1 is 1.38 bits per heavy atom. The Balaban J connectivity index is 2.84. The summed E-state index contributed by atoms with van der Waals surface area (Å²) in [5.41, 5.74) is -0.292. The molecule has 0 atom stereocenters. The minimum absolute atomic E-state index is 0.0961. The monoisotopic (exact) mass is 224 g/mol. The number of hydrogen-bond acceptors (Lipinski definition) is 5. The van der Waals surface area contributed by atoms with E-state index in [0.717, 1.165) is 18.7 Å². The maximum absolute atomic E-state index is 9.44. The smallest absolute Gasteiger partial charge is 0.224 e. The van der Waals surface area contributed by atoms with E-state index in [1.54, 1.807) is 19.3 Å². The Morgan fingerprint density at radius 2 is 2.06 bits per heavy atom. The molecule has 0 radical (unpaired) electrons. The maximum atomic E-state index is 9.44. The summed E-state index contributed by atoms with van der Waals surface area (Å²) < 4.78 is 0. The van der Waals surface area contributed by atoms with Gasteiger partial charge in [-0.15, -0.1) is 0 Å². The summed E-state index contributed by atoms with van der Waals surface area (Å²) in [6.07, 6.45) is 3.38. The highest BCUT2D eigenvalue weighted by molar-refractivity contribution is 5.41. The normalized spacial score (nSPS) is 11.2. The Morgan fingerprint density at radius 3 is 2.56 bits per heavy atom. The van der Waals surface area contributed by atoms with E-state index in [2.05, 4.69) is 20.6 Å². The number of hydrogen-bond donors (Lipinski definition) is 3. The number of rotatable bonds is 6. The van der Waals surface area contributed by atoms with E-state index in [-0.39, 0.29) is 12.1 Å². The maximum Gasteiger partial charge on any atom is 0.224 e. The van der Waals surface area contributed by atoms with Crippen LogP contribution in [0.5, 0.6) is 0 Å². The van der Waals surface area contributed by atoms with E-state index in [0.29, 0.717) is 5.95 Å².